The van der Waals surface area contributed by atoms with E-state index in [-0.39, 0.29) is 31.1 Å². The smallest absolute Gasteiger partial charge is 0.262 e. The molecule has 25 heavy (non-hydrogen) atoms. The molecule has 1 unspecified atom stereocenters. The minimum Gasteiger partial charge on any atom is -0.484 e. The van der Waals surface area contributed by atoms with Crippen LogP contribution in [0.4, 0.5) is 5.69 Å². The Hall–Kier alpha value is -2.73. The maximum atomic E-state index is 12.1. The normalized spacial score (nSPS) is 13.9. The molecule has 1 aliphatic rings. The van der Waals surface area contributed by atoms with Gasteiger partial charge in [0.05, 0.1) is 11.7 Å². The molecule has 6 nitrogen and oxygen atoms in total. The van der Waals surface area contributed by atoms with Gasteiger partial charge in [0.15, 0.2) is 13.2 Å². The topological polar surface area (TPSA) is 76.7 Å². The first-order valence-corrected chi connectivity index (χ1v) is 8.13. The monoisotopic (exact) mass is 360 g/mol. The number of nitrogens with one attached hydrogen (secondary N) is 2. The van der Waals surface area contributed by atoms with Crippen molar-refractivity contribution in [3.63, 3.8) is 0 Å². The molecule has 2 amide bonds. The molecule has 0 saturated carbocycles. The number of carbonyl (C=O) groups excluding carboxylic acids is 2. The summed E-state index contributed by atoms with van der Waals surface area (Å²) in [6.45, 7) is 1.77. The van der Waals surface area contributed by atoms with Gasteiger partial charge in [-0.2, -0.15) is 0 Å². The third-order valence-corrected chi connectivity index (χ3v) is 3.95. The maximum absolute atomic E-state index is 12.1. The predicted molar refractivity (Wildman–Crippen MR) is 94.1 cm³/mol. The van der Waals surface area contributed by atoms with E-state index < -0.39 is 0 Å². The summed E-state index contributed by atoms with van der Waals surface area (Å²) in [6, 6.07) is 12.0. The zero-order chi connectivity index (χ0) is 17.8. The lowest BCUT2D eigenvalue weighted by atomic mass is 10.1. The first kappa shape index (κ1) is 17.1. The molecule has 1 aliphatic heterocycles. The van der Waals surface area contributed by atoms with Gasteiger partial charge in [0.2, 0.25) is 0 Å². The second kappa shape index (κ2) is 7.44. The second-order valence-electron chi connectivity index (χ2n) is 5.62. The Morgan fingerprint density at radius 3 is 2.84 bits per heavy atom. The van der Waals surface area contributed by atoms with E-state index in [0.717, 1.165) is 5.56 Å². The number of carbonyl (C=O) groups is 2. The molecular formula is C18H17ClN2O4. The Kier molecular flexibility index (Phi) is 5.09. The Bertz CT molecular complexity index is 792. The SMILES string of the molecule is CC(NC(=O)COc1ccc(Cl)cc1)c1ccc2c(c1)NC(=O)CO2. The zero-order valence-corrected chi connectivity index (χ0v) is 14.3. The van der Waals surface area contributed by atoms with E-state index in [4.69, 9.17) is 21.1 Å². The Balaban J connectivity index is 1.57. The van der Waals surface area contributed by atoms with E-state index in [0.29, 0.717) is 22.2 Å². The van der Waals surface area contributed by atoms with Gasteiger partial charge in [-0.25, -0.2) is 0 Å². The van der Waals surface area contributed by atoms with Crippen molar-refractivity contribution < 1.29 is 19.1 Å². The highest BCUT2D eigenvalue weighted by Crippen LogP contribution is 2.30. The molecule has 0 aliphatic carbocycles. The van der Waals surface area contributed by atoms with Crippen LogP contribution in [0.25, 0.3) is 0 Å². The first-order chi connectivity index (χ1) is 12.0. The van der Waals surface area contributed by atoms with E-state index in [1.54, 1.807) is 36.4 Å². The summed E-state index contributed by atoms with van der Waals surface area (Å²) in [6.07, 6.45) is 0. The van der Waals surface area contributed by atoms with E-state index in [1.165, 1.54) is 0 Å². The quantitative estimate of drug-likeness (QED) is 0.859. The number of halogens is 1. The van der Waals surface area contributed by atoms with E-state index in [1.807, 2.05) is 13.0 Å². The lowest BCUT2D eigenvalue weighted by molar-refractivity contribution is -0.123. The minimum absolute atomic E-state index is 0.0146. The molecule has 2 aromatic rings. The van der Waals surface area contributed by atoms with Crippen molar-refractivity contribution >= 4 is 29.1 Å². The molecule has 2 aromatic carbocycles. The zero-order valence-electron chi connectivity index (χ0n) is 13.5. The summed E-state index contributed by atoms with van der Waals surface area (Å²) >= 11 is 5.80. The molecule has 130 valence electrons. The van der Waals surface area contributed by atoms with Gasteiger partial charge in [-0.1, -0.05) is 17.7 Å². The van der Waals surface area contributed by atoms with E-state index in [9.17, 15) is 9.59 Å². The van der Waals surface area contributed by atoms with Crippen LogP contribution in [-0.2, 0) is 9.59 Å². The van der Waals surface area contributed by atoms with Crippen molar-refractivity contribution in [2.24, 2.45) is 0 Å². The summed E-state index contributed by atoms with van der Waals surface area (Å²) in [4.78, 5) is 23.4. The van der Waals surface area contributed by atoms with Gasteiger partial charge in [0.25, 0.3) is 11.8 Å². The highest BCUT2D eigenvalue weighted by molar-refractivity contribution is 6.30. The predicted octanol–water partition coefficient (Wildman–Crippen LogP) is 2.93. The molecule has 0 fully saturated rings. The molecule has 7 heteroatoms. The molecule has 1 heterocycles. The van der Waals surface area contributed by atoms with Crippen LogP contribution in [0.5, 0.6) is 11.5 Å². The largest absolute Gasteiger partial charge is 0.484 e. The molecule has 3 rings (SSSR count). The number of hydrogen-bond acceptors (Lipinski definition) is 4. The van der Waals surface area contributed by atoms with Crippen LogP contribution in [0.1, 0.15) is 18.5 Å². The molecule has 0 radical (unpaired) electrons. The van der Waals surface area contributed by atoms with Crippen molar-refractivity contribution in [1.82, 2.24) is 5.32 Å². The minimum atomic E-state index is -0.250. The fourth-order valence-electron chi connectivity index (χ4n) is 2.42. The first-order valence-electron chi connectivity index (χ1n) is 7.75. The highest BCUT2D eigenvalue weighted by atomic mass is 35.5. The van der Waals surface area contributed by atoms with Gasteiger partial charge in [0.1, 0.15) is 11.5 Å². The van der Waals surface area contributed by atoms with Crippen molar-refractivity contribution in [2.45, 2.75) is 13.0 Å². The summed E-state index contributed by atoms with van der Waals surface area (Å²) in [7, 11) is 0. The summed E-state index contributed by atoms with van der Waals surface area (Å²) in [5.74, 6) is 0.743. The van der Waals surface area contributed by atoms with Gasteiger partial charge >= 0.3 is 0 Å². The van der Waals surface area contributed by atoms with Crippen LogP contribution >= 0.6 is 11.6 Å². The Labute approximate surface area is 150 Å². The molecule has 1 atom stereocenters. The van der Waals surface area contributed by atoms with E-state index in [2.05, 4.69) is 10.6 Å². The number of rotatable bonds is 5. The average molecular weight is 361 g/mol. The fourth-order valence-corrected chi connectivity index (χ4v) is 2.54. The molecule has 2 N–H and O–H groups in total. The standard InChI is InChI=1S/C18H17ClN2O4/c1-11(12-2-7-16-15(8-12)21-18(23)10-25-16)20-17(22)9-24-14-5-3-13(19)4-6-14/h2-8,11H,9-10H2,1H3,(H,20,22)(H,21,23). The lowest BCUT2D eigenvalue weighted by Crippen LogP contribution is -2.31. The van der Waals surface area contributed by atoms with Gasteiger partial charge in [-0.3, -0.25) is 9.59 Å². The van der Waals surface area contributed by atoms with Crippen LogP contribution < -0.4 is 20.1 Å². The Morgan fingerprint density at radius 2 is 2.08 bits per heavy atom. The lowest BCUT2D eigenvalue weighted by Gasteiger charge is -2.21. The van der Waals surface area contributed by atoms with Gasteiger partial charge in [0, 0.05) is 5.02 Å². The number of anilines is 1. The molecule has 0 aromatic heterocycles. The number of benzene rings is 2. The van der Waals surface area contributed by atoms with Crippen molar-refractivity contribution in [3.05, 3.63) is 53.1 Å². The number of hydrogen-bond donors (Lipinski definition) is 2. The van der Waals surface area contributed by atoms with Gasteiger partial charge in [-0.05, 0) is 48.9 Å². The number of fused-ring (bicyclic) bond motifs is 1. The highest BCUT2D eigenvalue weighted by Gasteiger charge is 2.18. The van der Waals surface area contributed by atoms with Crippen LogP contribution in [0.3, 0.4) is 0 Å². The Morgan fingerprint density at radius 1 is 1.32 bits per heavy atom. The maximum Gasteiger partial charge on any atom is 0.262 e. The van der Waals surface area contributed by atoms with Gasteiger partial charge < -0.3 is 20.1 Å². The van der Waals surface area contributed by atoms with Crippen LogP contribution in [0.2, 0.25) is 5.02 Å². The van der Waals surface area contributed by atoms with Crippen LogP contribution in [-0.4, -0.2) is 25.0 Å². The third kappa shape index (κ3) is 4.42. The number of ether oxygens (including phenoxy) is 2. The molecule has 0 saturated heterocycles. The van der Waals surface area contributed by atoms with Crippen molar-refractivity contribution in [3.8, 4) is 11.5 Å². The van der Waals surface area contributed by atoms with Crippen molar-refractivity contribution in [1.29, 1.82) is 0 Å². The fraction of sp³-hybridized carbons (Fsp3) is 0.222. The molecule has 0 bridgehead atoms. The van der Waals surface area contributed by atoms with Gasteiger partial charge in [-0.15, -0.1) is 0 Å². The average Bonchev–Trinajstić information content (AvgIpc) is 2.60. The van der Waals surface area contributed by atoms with Crippen molar-refractivity contribution in [2.75, 3.05) is 18.5 Å². The molecular weight excluding hydrogens is 344 g/mol. The molecule has 0 spiro atoms. The van der Waals surface area contributed by atoms with E-state index >= 15 is 0 Å². The summed E-state index contributed by atoms with van der Waals surface area (Å²) in [5.41, 5.74) is 1.46. The summed E-state index contributed by atoms with van der Waals surface area (Å²) < 4.78 is 10.7. The van der Waals surface area contributed by atoms with Crippen LogP contribution in [0, 0.1) is 0 Å². The third-order valence-electron chi connectivity index (χ3n) is 3.70. The second-order valence-corrected chi connectivity index (χ2v) is 6.06. The number of amides is 2. The summed E-state index contributed by atoms with van der Waals surface area (Å²) in [5, 5.41) is 6.21. The van der Waals surface area contributed by atoms with Crippen LogP contribution in [0.15, 0.2) is 42.5 Å².